The van der Waals surface area contributed by atoms with Gasteiger partial charge in [0.2, 0.25) is 0 Å². The molecule has 0 fully saturated rings. The molecule has 0 radical (unpaired) electrons. The number of nitrogens with zero attached hydrogens (tertiary/aromatic N) is 2. The summed E-state index contributed by atoms with van der Waals surface area (Å²) >= 11 is 1.49. The molecule has 136 valence electrons. The molecule has 0 aliphatic carbocycles. The second-order valence-corrected chi connectivity index (χ2v) is 7.86. The van der Waals surface area contributed by atoms with Crippen LogP contribution in [0, 0.1) is 20.8 Å². The zero-order valence-corrected chi connectivity index (χ0v) is 16.4. The van der Waals surface area contributed by atoms with Gasteiger partial charge in [-0.25, -0.2) is 0 Å². The van der Waals surface area contributed by atoms with Crippen LogP contribution in [0.1, 0.15) is 32.1 Å². The fourth-order valence-corrected chi connectivity index (χ4v) is 4.28. The van der Waals surface area contributed by atoms with Crippen LogP contribution in [-0.4, -0.2) is 15.7 Å². The smallest absolute Gasteiger partial charge is 0.265 e. The molecule has 0 aliphatic rings. The van der Waals surface area contributed by atoms with Gasteiger partial charge in [-0.15, -0.1) is 11.3 Å². The largest absolute Gasteiger partial charge is 0.321 e. The number of thiophene rings is 1. The number of aryl methyl sites for hydroxylation is 3. The van der Waals surface area contributed by atoms with Crippen LogP contribution in [-0.2, 0) is 6.54 Å². The molecule has 0 aliphatic heterocycles. The van der Waals surface area contributed by atoms with Crippen molar-refractivity contribution < 1.29 is 4.79 Å². The molecule has 0 atom stereocenters. The van der Waals surface area contributed by atoms with E-state index >= 15 is 0 Å². The van der Waals surface area contributed by atoms with Crippen LogP contribution in [0.15, 0.2) is 54.6 Å². The third-order valence-electron chi connectivity index (χ3n) is 4.64. The lowest BCUT2D eigenvalue weighted by molar-refractivity contribution is 0.103. The number of carbonyl (C=O) groups excluding carboxylic acids is 1. The van der Waals surface area contributed by atoms with Gasteiger partial charge >= 0.3 is 0 Å². The van der Waals surface area contributed by atoms with Crippen molar-refractivity contribution in [1.82, 2.24) is 9.78 Å². The first-order valence-electron chi connectivity index (χ1n) is 8.91. The van der Waals surface area contributed by atoms with Crippen LogP contribution < -0.4 is 5.32 Å². The monoisotopic (exact) mass is 375 g/mol. The maximum Gasteiger partial charge on any atom is 0.265 e. The van der Waals surface area contributed by atoms with Gasteiger partial charge in [-0.1, -0.05) is 48.0 Å². The molecule has 4 rings (SSSR count). The van der Waals surface area contributed by atoms with E-state index < -0.39 is 0 Å². The molecule has 0 unspecified atom stereocenters. The van der Waals surface area contributed by atoms with E-state index in [4.69, 9.17) is 0 Å². The highest BCUT2D eigenvalue weighted by Crippen LogP contribution is 2.29. The molecule has 4 aromatic rings. The fraction of sp³-hybridized carbons (Fsp3) is 0.182. The average molecular weight is 375 g/mol. The summed E-state index contributed by atoms with van der Waals surface area (Å²) in [4.78, 5) is 14.5. The molecule has 0 saturated carbocycles. The summed E-state index contributed by atoms with van der Waals surface area (Å²) in [6.45, 7) is 6.74. The first-order valence-corrected chi connectivity index (χ1v) is 9.72. The van der Waals surface area contributed by atoms with Crippen molar-refractivity contribution in [3.63, 3.8) is 0 Å². The Morgan fingerprint density at radius 1 is 1.07 bits per heavy atom. The van der Waals surface area contributed by atoms with Crippen molar-refractivity contribution in [3.8, 4) is 0 Å². The van der Waals surface area contributed by atoms with Crippen LogP contribution in [0.2, 0.25) is 0 Å². The molecule has 1 amide bonds. The zero-order valence-electron chi connectivity index (χ0n) is 15.6. The fourth-order valence-electron chi connectivity index (χ4n) is 3.23. The van der Waals surface area contributed by atoms with Gasteiger partial charge in [0, 0.05) is 11.1 Å². The van der Waals surface area contributed by atoms with E-state index in [1.807, 2.05) is 61.9 Å². The van der Waals surface area contributed by atoms with Gasteiger partial charge in [-0.05, 0) is 44.0 Å². The summed E-state index contributed by atoms with van der Waals surface area (Å²) in [5.41, 5.74) is 5.24. The van der Waals surface area contributed by atoms with E-state index in [1.54, 1.807) is 0 Å². The predicted octanol–water partition coefficient (Wildman–Crippen LogP) is 5.32. The zero-order chi connectivity index (χ0) is 19.0. The van der Waals surface area contributed by atoms with Crippen molar-refractivity contribution in [3.05, 3.63) is 81.9 Å². The van der Waals surface area contributed by atoms with Crippen LogP contribution in [0.4, 0.5) is 5.69 Å². The minimum Gasteiger partial charge on any atom is -0.321 e. The van der Waals surface area contributed by atoms with Crippen molar-refractivity contribution in [2.45, 2.75) is 27.3 Å². The van der Waals surface area contributed by atoms with Crippen LogP contribution in [0.25, 0.3) is 10.2 Å². The van der Waals surface area contributed by atoms with Crippen molar-refractivity contribution in [1.29, 1.82) is 0 Å². The van der Waals surface area contributed by atoms with E-state index in [0.717, 1.165) is 27.2 Å². The molecule has 0 spiro atoms. The second kappa shape index (κ2) is 7.00. The molecule has 0 saturated heterocycles. The van der Waals surface area contributed by atoms with Crippen LogP contribution in [0.3, 0.4) is 0 Å². The molecule has 4 nitrogen and oxygen atoms in total. The van der Waals surface area contributed by atoms with Crippen molar-refractivity contribution in [2.75, 3.05) is 5.32 Å². The first-order chi connectivity index (χ1) is 13.0. The van der Waals surface area contributed by atoms with Gasteiger partial charge in [0.1, 0.15) is 4.83 Å². The molecular formula is C22H21N3OS. The Hall–Kier alpha value is -2.92. The summed E-state index contributed by atoms with van der Waals surface area (Å²) in [5.74, 6) is -0.0752. The Kier molecular flexibility index (Phi) is 4.54. The maximum absolute atomic E-state index is 12.8. The van der Waals surface area contributed by atoms with Gasteiger partial charge in [0.25, 0.3) is 5.91 Å². The topological polar surface area (TPSA) is 46.9 Å². The minimum absolute atomic E-state index is 0.0752. The molecule has 27 heavy (non-hydrogen) atoms. The Morgan fingerprint density at radius 3 is 2.59 bits per heavy atom. The van der Waals surface area contributed by atoms with Gasteiger partial charge < -0.3 is 5.32 Å². The normalized spacial score (nSPS) is 11.1. The van der Waals surface area contributed by atoms with Gasteiger partial charge in [0.05, 0.1) is 17.1 Å². The Labute approximate surface area is 162 Å². The van der Waals surface area contributed by atoms with Crippen LogP contribution >= 0.6 is 11.3 Å². The third kappa shape index (κ3) is 3.51. The molecule has 2 aromatic carbocycles. The predicted molar refractivity (Wildman–Crippen MR) is 112 cm³/mol. The number of aromatic nitrogens is 2. The number of benzene rings is 2. The molecule has 5 heteroatoms. The molecule has 2 heterocycles. The molecule has 0 bridgehead atoms. The third-order valence-corrected chi connectivity index (χ3v) is 5.78. The van der Waals surface area contributed by atoms with E-state index in [-0.39, 0.29) is 5.91 Å². The van der Waals surface area contributed by atoms with E-state index in [9.17, 15) is 4.79 Å². The van der Waals surface area contributed by atoms with Crippen molar-refractivity contribution in [2.24, 2.45) is 0 Å². The molecular weight excluding hydrogens is 354 g/mol. The summed E-state index contributed by atoms with van der Waals surface area (Å²) in [6.07, 6.45) is 0. The van der Waals surface area contributed by atoms with E-state index in [2.05, 4.69) is 28.6 Å². The maximum atomic E-state index is 12.8. The number of rotatable bonds is 4. The Morgan fingerprint density at radius 2 is 1.85 bits per heavy atom. The summed E-state index contributed by atoms with van der Waals surface area (Å²) in [7, 11) is 0. The Balaban J connectivity index is 1.63. The summed E-state index contributed by atoms with van der Waals surface area (Å²) in [6, 6.07) is 18.2. The van der Waals surface area contributed by atoms with E-state index in [0.29, 0.717) is 11.4 Å². The number of anilines is 1. The number of hydrogen-bond acceptors (Lipinski definition) is 3. The lowest BCUT2D eigenvalue weighted by Crippen LogP contribution is -2.11. The van der Waals surface area contributed by atoms with Gasteiger partial charge in [-0.3, -0.25) is 9.48 Å². The highest BCUT2D eigenvalue weighted by Gasteiger charge is 2.17. The number of carbonyl (C=O) groups is 1. The number of hydrogen-bond donors (Lipinski definition) is 1. The first kappa shape index (κ1) is 17.5. The highest BCUT2D eigenvalue weighted by molar-refractivity contribution is 7.20. The highest BCUT2D eigenvalue weighted by atomic mass is 32.1. The second-order valence-electron chi connectivity index (χ2n) is 6.83. The number of amides is 1. The summed E-state index contributed by atoms with van der Waals surface area (Å²) < 4.78 is 1.98. The van der Waals surface area contributed by atoms with Gasteiger partial charge in [-0.2, -0.15) is 5.10 Å². The molecule has 1 N–H and O–H groups in total. The van der Waals surface area contributed by atoms with Crippen molar-refractivity contribution >= 4 is 33.1 Å². The number of fused-ring (bicyclic) bond motifs is 1. The molecule has 2 aromatic heterocycles. The standard InChI is InChI=1S/C22H21N3OS/c1-14-9-10-19(15(2)11-14)23-21(26)20-12-18-16(3)24-25(22(18)27-20)13-17-7-5-4-6-8-17/h4-12H,13H2,1-3H3,(H,23,26). The Bertz CT molecular complexity index is 1130. The summed E-state index contributed by atoms with van der Waals surface area (Å²) in [5, 5.41) is 8.73. The quantitative estimate of drug-likeness (QED) is 0.524. The van der Waals surface area contributed by atoms with E-state index in [1.165, 1.54) is 22.5 Å². The SMILES string of the molecule is Cc1ccc(NC(=O)c2cc3c(C)nn(Cc4ccccc4)c3s2)c(C)c1. The average Bonchev–Trinajstić information content (AvgIpc) is 3.20. The lowest BCUT2D eigenvalue weighted by Gasteiger charge is -2.08. The van der Waals surface area contributed by atoms with Gasteiger partial charge in [0.15, 0.2) is 0 Å². The number of nitrogens with one attached hydrogen (secondary N) is 1. The van der Waals surface area contributed by atoms with Crippen LogP contribution in [0.5, 0.6) is 0 Å². The lowest BCUT2D eigenvalue weighted by atomic mass is 10.1. The minimum atomic E-state index is -0.0752.